The van der Waals surface area contributed by atoms with Crippen LogP contribution in [0.15, 0.2) is 36.7 Å². The van der Waals surface area contributed by atoms with Crippen LogP contribution in [0.4, 0.5) is 5.69 Å². The van der Waals surface area contributed by atoms with Gasteiger partial charge in [-0.15, -0.1) is 0 Å². The molecule has 0 saturated heterocycles. The summed E-state index contributed by atoms with van der Waals surface area (Å²) in [7, 11) is 0. The molecule has 0 amide bonds. The molecule has 2 N–H and O–H groups in total. The first kappa shape index (κ1) is 11.3. The van der Waals surface area contributed by atoms with E-state index in [9.17, 15) is 0 Å². The second-order valence-corrected chi connectivity index (χ2v) is 3.73. The molecular weight excluding hydrogens is 210 g/mol. The van der Waals surface area contributed by atoms with Gasteiger partial charge >= 0.3 is 0 Å². The highest BCUT2D eigenvalue weighted by molar-refractivity contribution is 5.47. The molecule has 0 unspecified atom stereocenters. The van der Waals surface area contributed by atoms with Crippen molar-refractivity contribution in [2.24, 2.45) is 0 Å². The molecule has 0 aliphatic rings. The Hall–Kier alpha value is -2.21. The van der Waals surface area contributed by atoms with E-state index in [4.69, 9.17) is 5.73 Å². The van der Waals surface area contributed by atoms with E-state index in [0.717, 1.165) is 23.6 Å². The van der Waals surface area contributed by atoms with E-state index in [2.05, 4.69) is 28.3 Å². The molecule has 0 radical (unpaired) electrons. The average molecular weight is 225 g/mol. The van der Waals surface area contributed by atoms with Gasteiger partial charge in [0.2, 0.25) is 0 Å². The van der Waals surface area contributed by atoms with Crippen LogP contribution in [-0.4, -0.2) is 9.55 Å². The molecule has 2 rings (SSSR count). The van der Waals surface area contributed by atoms with Gasteiger partial charge in [-0.1, -0.05) is 17.9 Å². The molecule has 0 spiro atoms. The predicted molar refractivity (Wildman–Crippen MR) is 69.3 cm³/mol. The zero-order valence-corrected chi connectivity index (χ0v) is 9.85. The summed E-state index contributed by atoms with van der Waals surface area (Å²) in [5.74, 6) is 7.21. The maximum atomic E-state index is 5.69. The number of imidazole rings is 1. The van der Waals surface area contributed by atoms with E-state index in [0.29, 0.717) is 6.42 Å². The Labute approximate surface area is 101 Å². The summed E-state index contributed by atoms with van der Waals surface area (Å²) in [6.45, 7) is 3.02. The van der Waals surface area contributed by atoms with Crippen LogP contribution in [0, 0.1) is 11.8 Å². The second kappa shape index (κ2) is 5.22. The lowest BCUT2D eigenvalue weighted by atomic mass is 10.2. The van der Waals surface area contributed by atoms with Crippen molar-refractivity contribution in [2.45, 2.75) is 19.9 Å². The summed E-state index contributed by atoms with van der Waals surface area (Å²) in [5, 5.41) is 0. The molecule has 1 aromatic carbocycles. The molecule has 0 fully saturated rings. The van der Waals surface area contributed by atoms with Gasteiger partial charge < -0.3 is 10.3 Å². The largest absolute Gasteiger partial charge is 0.399 e. The van der Waals surface area contributed by atoms with Crippen LogP contribution in [0.2, 0.25) is 0 Å². The highest BCUT2D eigenvalue weighted by Gasteiger charge is 1.97. The Morgan fingerprint density at radius 3 is 3.06 bits per heavy atom. The maximum Gasteiger partial charge on any atom is 0.120 e. The van der Waals surface area contributed by atoms with Crippen molar-refractivity contribution in [3.63, 3.8) is 0 Å². The molecule has 86 valence electrons. The van der Waals surface area contributed by atoms with Gasteiger partial charge in [-0.25, -0.2) is 4.98 Å². The summed E-state index contributed by atoms with van der Waals surface area (Å²) < 4.78 is 2.09. The van der Waals surface area contributed by atoms with Gasteiger partial charge in [-0.2, -0.15) is 0 Å². The standard InChI is InChI=1S/C14H15N3/c1-2-17-10-9-16-14(17)8-4-6-12-5-3-7-13(15)11-12/h3,5,7,9-11H,2,8,15H2,1H3. The smallest absolute Gasteiger partial charge is 0.120 e. The van der Waals surface area contributed by atoms with Crippen molar-refractivity contribution >= 4 is 5.69 Å². The summed E-state index contributed by atoms with van der Waals surface area (Å²) in [6, 6.07) is 7.59. The van der Waals surface area contributed by atoms with Crippen LogP contribution in [0.1, 0.15) is 18.3 Å². The third kappa shape index (κ3) is 2.88. The average Bonchev–Trinajstić information content (AvgIpc) is 2.77. The van der Waals surface area contributed by atoms with Gasteiger partial charge in [0, 0.05) is 30.2 Å². The minimum Gasteiger partial charge on any atom is -0.399 e. The molecule has 3 nitrogen and oxygen atoms in total. The van der Waals surface area contributed by atoms with Gasteiger partial charge in [0.05, 0.1) is 6.42 Å². The monoisotopic (exact) mass is 225 g/mol. The third-order valence-electron chi connectivity index (χ3n) is 2.51. The first-order valence-corrected chi connectivity index (χ1v) is 5.64. The second-order valence-electron chi connectivity index (χ2n) is 3.73. The normalized spacial score (nSPS) is 9.71. The number of aryl methyl sites for hydroxylation is 1. The first-order chi connectivity index (χ1) is 8.29. The quantitative estimate of drug-likeness (QED) is 0.628. The van der Waals surface area contributed by atoms with E-state index in [1.807, 2.05) is 30.5 Å². The van der Waals surface area contributed by atoms with Gasteiger partial charge in [-0.3, -0.25) is 0 Å². The Morgan fingerprint density at radius 1 is 1.41 bits per heavy atom. The Bertz CT molecular complexity index is 558. The molecular formula is C14H15N3. The molecule has 0 aliphatic carbocycles. The molecule has 0 saturated carbocycles. The van der Waals surface area contributed by atoms with Crippen LogP contribution in [-0.2, 0) is 13.0 Å². The van der Waals surface area contributed by atoms with Crippen molar-refractivity contribution in [3.8, 4) is 11.8 Å². The fraction of sp³-hybridized carbons (Fsp3) is 0.214. The zero-order chi connectivity index (χ0) is 12.1. The maximum absolute atomic E-state index is 5.69. The van der Waals surface area contributed by atoms with Gasteiger partial charge in [0.25, 0.3) is 0 Å². The van der Waals surface area contributed by atoms with Crippen LogP contribution in [0.3, 0.4) is 0 Å². The lowest BCUT2D eigenvalue weighted by molar-refractivity contribution is 0.719. The first-order valence-electron chi connectivity index (χ1n) is 5.64. The lowest BCUT2D eigenvalue weighted by Gasteiger charge is -1.99. The SMILES string of the molecule is CCn1ccnc1CC#Cc1cccc(N)c1. The number of nitrogens with zero attached hydrogens (tertiary/aromatic N) is 2. The fourth-order valence-corrected chi connectivity index (χ4v) is 1.64. The number of benzene rings is 1. The molecule has 0 aliphatic heterocycles. The molecule has 3 heteroatoms. The molecule has 0 atom stereocenters. The van der Waals surface area contributed by atoms with E-state index < -0.39 is 0 Å². The van der Waals surface area contributed by atoms with Gasteiger partial charge in [0.15, 0.2) is 0 Å². The fourth-order valence-electron chi connectivity index (χ4n) is 1.64. The van der Waals surface area contributed by atoms with Crippen molar-refractivity contribution in [3.05, 3.63) is 48.0 Å². The highest BCUT2D eigenvalue weighted by Crippen LogP contribution is 2.05. The van der Waals surface area contributed by atoms with E-state index >= 15 is 0 Å². The van der Waals surface area contributed by atoms with E-state index in [1.165, 1.54) is 0 Å². The Morgan fingerprint density at radius 2 is 2.29 bits per heavy atom. The predicted octanol–water partition coefficient (Wildman–Crippen LogP) is 2.08. The van der Waals surface area contributed by atoms with Crippen LogP contribution in [0.25, 0.3) is 0 Å². The minimum atomic E-state index is 0.662. The summed E-state index contributed by atoms with van der Waals surface area (Å²) in [6.07, 6.45) is 4.44. The number of aromatic nitrogens is 2. The van der Waals surface area contributed by atoms with Crippen LogP contribution < -0.4 is 5.73 Å². The summed E-state index contributed by atoms with van der Waals surface area (Å²) >= 11 is 0. The molecule has 17 heavy (non-hydrogen) atoms. The van der Waals surface area contributed by atoms with Crippen molar-refractivity contribution in [2.75, 3.05) is 5.73 Å². The van der Waals surface area contributed by atoms with Crippen molar-refractivity contribution in [1.82, 2.24) is 9.55 Å². The van der Waals surface area contributed by atoms with E-state index in [-0.39, 0.29) is 0 Å². The van der Waals surface area contributed by atoms with Gasteiger partial charge in [0.1, 0.15) is 5.82 Å². The van der Waals surface area contributed by atoms with Crippen LogP contribution >= 0.6 is 0 Å². The molecule has 1 heterocycles. The molecule has 0 bridgehead atoms. The number of hydrogen-bond donors (Lipinski definition) is 1. The lowest BCUT2D eigenvalue weighted by Crippen LogP contribution is -1.99. The summed E-state index contributed by atoms with van der Waals surface area (Å²) in [5.41, 5.74) is 7.37. The zero-order valence-electron chi connectivity index (χ0n) is 9.85. The topological polar surface area (TPSA) is 43.8 Å². The number of hydrogen-bond acceptors (Lipinski definition) is 2. The number of nitrogen functional groups attached to an aromatic ring is 1. The van der Waals surface area contributed by atoms with Gasteiger partial charge in [-0.05, 0) is 25.1 Å². The molecule has 2 aromatic rings. The Balaban J connectivity index is 2.08. The minimum absolute atomic E-state index is 0.662. The van der Waals surface area contributed by atoms with Crippen molar-refractivity contribution < 1.29 is 0 Å². The highest BCUT2D eigenvalue weighted by atomic mass is 15.0. The number of nitrogens with two attached hydrogens (primary N) is 1. The summed E-state index contributed by atoms with van der Waals surface area (Å²) in [4.78, 5) is 4.27. The van der Waals surface area contributed by atoms with E-state index in [1.54, 1.807) is 6.20 Å². The third-order valence-corrected chi connectivity index (χ3v) is 2.51. The van der Waals surface area contributed by atoms with Crippen molar-refractivity contribution in [1.29, 1.82) is 0 Å². The Kier molecular flexibility index (Phi) is 3.46. The number of anilines is 1. The van der Waals surface area contributed by atoms with Crippen LogP contribution in [0.5, 0.6) is 0 Å². The molecule has 1 aromatic heterocycles. The number of rotatable bonds is 2.